The zero-order valence-corrected chi connectivity index (χ0v) is 12.5. The van der Waals surface area contributed by atoms with Gasteiger partial charge in [-0.05, 0) is 31.2 Å². The predicted octanol–water partition coefficient (Wildman–Crippen LogP) is 0.765. The summed E-state index contributed by atoms with van der Waals surface area (Å²) < 4.78 is 32.3. The van der Waals surface area contributed by atoms with Crippen molar-refractivity contribution < 1.29 is 13.2 Å². The standard InChI is InChI=1S/C14H17N3O3S/c1-20-13-8-12(9-15)2-3-14(13)21(18,19)17-10-11-4-6-16-7-5-11/h2-4,8,16-17H,5-7,10H2,1H3. The highest BCUT2D eigenvalue weighted by Crippen LogP contribution is 2.24. The van der Waals surface area contributed by atoms with Gasteiger partial charge in [-0.2, -0.15) is 5.26 Å². The predicted molar refractivity (Wildman–Crippen MR) is 78.5 cm³/mol. The number of sulfonamides is 1. The Kier molecular flexibility index (Phi) is 4.96. The second kappa shape index (κ2) is 6.72. The van der Waals surface area contributed by atoms with Crippen LogP contribution in [0.3, 0.4) is 0 Å². The Morgan fingerprint density at radius 2 is 2.29 bits per heavy atom. The fraction of sp³-hybridized carbons (Fsp3) is 0.357. The van der Waals surface area contributed by atoms with Gasteiger partial charge in [-0.3, -0.25) is 0 Å². The van der Waals surface area contributed by atoms with Crippen LogP contribution in [0.25, 0.3) is 0 Å². The first-order valence-electron chi connectivity index (χ1n) is 6.53. The number of benzene rings is 1. The molecule has 0 aliphatic carbocycles. The topological polar surface area (TPSA) is 91.2 Å². The Morgan fingerprint density at radius 1 is 1.48 bits per heavy atom. The lowest BCUT2D eigenvalue weighted by Crippen LogP contribution is -2.30. The lowest BCUT2D eigenvalue weighted by atomic mass is 10.1. The molecule has 7 heteroatoms. The van der Waals surface area contributed by atoms with Crippen LogP contribution in [-0.4, -0.2) is 35.2 Å². The van der Waals surface area contributed by atoms with Gasteiger partial charge in [0.1, 0.15) is 10.6 Å². The third-order valence-electron chi connectivity index (χ3n) is 3.23. The molecule has 1 aromatic carbocycles. The van der Waals surface area contributed by atoms with E-state index in [2.05, 4.69) is 10.0 Å². The summed E-state index contributed by atoms with van der Waals surface area (Å²) in [6.07, 6.45) is 2.81. The summed E-state index contributed by atoms with van der Waals surface area (Å²) in [5.74, 6) is 0.167. The number of ether oxygens (including phenoxy) is 1. The molecule has 0 amide bonds. The van der Waals surface area contributed by atoms with Gasteiger partial charge in [-0.1, -0.05) is 11.6 Å². The van der Waals surface area contributed by atoms with Crippen LogP contribution in [0.5, 0.6) is 5.75 Å². The lowest BCUT2D eigenvalue weighted by molar-refractivity contribution is 0.402. The van der Waals surface area contributed by atoms with Crippen molar-refractivity contribution in [3.8, 4) is 11.8 Å². The lowest BCUT2D eigenvalue weighted by Gasteiger charge is -2.15. The molecule has 0 unspecified atom stereocenters. The molecule has 0 aromatic heterocycles. The van der Waals surface area contributed by atoms with E-state index in [9.17, 15) is 8.42 Å². The molecule has 1 aliphatic rings. The quantitative estimate of drug-likeness (QED) is 0.784. The maximum atomic E-state index is 12.3. The van der Waals surface area contributed by atoms with Gasteiger partial charge in [0.15, 0.2) is 0 Å². The van der Waals surface area contributed by atoms with E-state index in [0.717, 1.165) is 25.1 Å². The van der Waals surface area contributed by atoms with E-state index in [0.29, 0.717) is 5.56 Å². The van der Waals surface area contributed by atoms with Crippen LogP contribution in [-0.2, 0) is 10.0 Å². The highest BCUT2D eigenvalue weighted by atomic mass is 32.2. The molecule has 1 aliphatic heterocycles. The second-order valence-electron chi connectivity index (χ2n) is 4.62. The van der Waals surface area contributed by atoms with E-state index in [4.69, 9.17) is 10.00 Å². The van der Waals surface area contributed by atoms with E-state index in [1.807, 2.05) is 12.1 Å². The van der Waals surface area contributed by atoms with Crippen LogP contribution in [0.1, 0.15) is 12.0 Å². The molecule has 0 saturated heterocycles. The number of nitrogens with one attached hydrogen (secondary N) is 2. The fourth-order valence-electron chi connectivity index (χ4n) is 2.05. The van der Waals surface area contributed by atoms with Gasteiger partial charge in [0, 0.05) is 13.1 Å². The Bertz CT molecular complexity index is 690. The van der Waals surface area contributed by atoms with Gasteiger partial charge in [0.25, 0.3) is 0 Å². The van der Waals surface area contributed by atoms with Gasteiger partial charge in [-0.15, -0.1) is 0 Å². The van der Waals surface area contributed by atoms with Crippen LogP contribution in [0.4, 0.5) is 0 Å². The number of methoxy groups -OCH3 is 1. The highest BCUT2D eigenvalue weighted by Gasteiger charge is 2.20. The minimum atomic E-state index is -3.67. The van der Waals surface area contributed by atoms with Gasteiger partial charge in [0.05, 0.1) is 18.7 Å². The smallest absolute Gasteiger partial charge is 0.244 e. The van der Waals surface area contributed by atoms with Crippen LogP contribution >= 0.6 is 0 Å². The first-order chi connectivity index (χ1) is 10.1. The van der Waals surface area contributed by atoms with Crippen molar-refractivity contribution >= 4 is 10.0 Å². The third-order valence-corrected chi connectivity index (χ3v) is 4.67. The zero-order chi connectivity index (χ0) is 15.3. The van der Waals surface area contributed by atoms with Gasteiger partial charge >= 0.3 is 0 Å². The van der Waals surface area contributed by atoms with Crippen LogP contribution in [0.2, 0.25) is 0 Å². The maximum Gasteiger partial charge on any atom is 0.244 e. The summed E-state index contributed by atoms with van der Waals surface area (Å²) in [6.45, 7) is 1.90. The first kappa shape index (κ1) is 15.5. The van der Waals surface area contributed by atoms with Crippen molar-refractivity contribution in [1.82, 2.24) is 10.0 Å². The summed E-state index contributed by atoms with van der Waals surface area (Å²) in [5.41, 5.74) is 1.41. The second-order valence-corrected chi connectivity index (χ2v) is 6.35. The van der Waals surface area contributed by atoms with Crippen molar-refractivity contribution in [3.05, 3.63) is 35.4 Å². The Labute approximate surface area is 124 Å². The Hall–Kier alpha value is -1.88. The molecule has 2 N–H and O–H groups in total. The Morgan fingerprint density at radius 3 is 2.90 bits per heavy atom. The third kappa shape index (κ3) is 3.82. The Balaban J connectivity index is 2.19. The van der Waals surface area contributed by atoms with Gasteiger partial charge < -0.3 is 10.1 Å². The van der Waals surface area contributed by atoms with Crippen LogP contribution < -0.4 is 14.8 Å². The molecule has 6 nitrogen and oxygen atoms in total. The number of rotatable bonds is 5. The van der Waals surface area contributed by atoms with Crippen molar-refractivity contribution in [2.24, 2.45) is 0 Å². The number of nitrogens with zero attached hydrogens (tertiary/aromatic N) is 1. The molecular weight excluding hydrogens is 290 g/mol. The van der Waals surface area contributed by atoms with Gasteiger partial charge in [-0.25, -0.2) is 13.1 Å². The van der Waals surface area contributed by atoms with Crippen molar-refractivity contribution in [1.29, 1.82) is 5.26 Å². The van der Waals surface area contributed by atoms with E-state index in [-0.39, 0.29) is 17.2 Å². The molecule has 112 valence electrons. The highest BCUT2D eigenvalue weighted by molar-refractivity contribution is 7.89. The largest absolute Gasteiger partial charge is 0.495 e. The van der Waals surface area contributed by atoms with Crippen molar-refractivity contribution in [2.75, 3.05) is 26.7 Å². The molecule has 0 fully saturated rings. The summed E-state index contributed by atoms with van der Waals surface area (Å²) in [4.78, 5) is 0.0403. The van der Waals surface area contributed by atoms with Crippen LogP contribution in [0, 0.1) is 11.3 Å². The molecule has 0 atom stereocenters. The van der Waals surface area contributed by atoms with Crippen molar-refractivity contribution in [2.45, 2.75) is 11.3 Å². The molecule has 0 bridgehead atoms. The van der Waals surface area contributed by atoms with E-state index < -0.39 is 10.0 Å². The average molecular weight is 307 g/mol. The summed E-state index contributed by atoms with van der Waals surface area (Å²) >= 11 is 0. The molecule has 21 heavy (non-hydrogen) atoms. The molecular formula is C14H17N3O3S. The monoisotopic (exact) mass is 307 g/mol. The molecule has 1 heterocycles. The molecule has 0 saturated carbocycles. The molecule has 2 rings (SSSR count). The van der Waals surface area contributed by atoms with Crippen LogP contribution in [0.15, 0.2) is 34.7 Å². The van der Waals surface area contributed by atoms with E-state index in [1.54, 1.807) is 0 Å². The summed E-state index contributed by atoms with van der Waals surface area (Å²) in [7, 11) is -2.29. The summed E-state index contributed by atoms with van der Waals surface area (Å²) in [5, 5.41) is 12.0. The minimum absolute atomic E-state index is 0.0403. The fourth-order valence-corrected chi connectivity index (χ4v) is 3.24. The molecule has 0 spiro atoms. The summed E-state index contributed by atoms with van der Waals surface area (Å²) in [6, 6.07) is 6.21. The van der Waals surface area contributed by atoms with E-state index in [1.165, 1.54) is 25.3 Å². The molecule has 0 radical (unpaired) electrons. The normalized spacial score (nSPS) is 15.1. The number of hydrogen-bond acceptors (Lipinski definition) is 5. The van der Waals surface area contributed by atoms with Crippen molar-refractivity contribution in [3.63, 3.8) is 0 Å². The maximum absolute atomic E-state index is 12.3. The molecule has 1 aromatic rings. The van der Waals surface area contributed by atoms with Gasteiger partial charge in [0.2, 0.25) is 10.0 Å². The number of nitriles is 1. The zero-order valence-electron chi connectivity index (χ0n) is 11.7. The number of hydrogen-bond donors (Lipinski definition) is 2. The SMILES string of the molecule is COc1cc(C#N)ccc1S(=O)(=O)NCC1=CCNCC1. The van der Waals surface area contributed by atoms with E-state index >= 15 is 0 Å². The average Bonchev–Trinajstić information content (AvgIpc) is 2.53. The minimum Gasteiger partial charge on any atom is -0.495 e. The first-order valence-corrected chi connectivity index (χ1v) is 8.01.